The first-order valence-electron chi connectivity index (χ1n) is 11.4. The third-order valence-corrected chi connectivity index (χ3v) is 4.96. The Hall–Kier alpha value is -3.28. The number of carbonyl (C=O) groups excluding carboxylic acids is 1. The normalized spacial score (nSPS) is 12.1. The summed E-state index contributed by atoms with van der Waals surface area (Å²) in [6, 6.07) is 12.8. The zero-order chi connectivity index (χ0) is 26.4. The predicted octanol–water partition coefficient (Wildman–Crippen LogP) is 2.38. The van der Waals surface area contributed by atoms with E-state index in [4.69, 9.17) is 14.6 Å². The summed E-state index contributed by atoms with van der Waals surface area (Å²) < 4.78 is 49.4. The van der Waals surface area contributed by atoms with Gasteiger partial charge in [0.25, 0.3) is 5.91 Å². The van der Waals surface area contributed by atoms with Gasteiger partial charge in [-0.3, -0.25) is 4.79 Å². The van der Waals surface area contributed by atoms with Gasteiger partial charge in [-0.15, -0.1) is 0 Å². The largest absolute Gasteiger partial charge is 0.416 e. The van der Waals surface area contributed by atoms with Crippen LogP contribution in [-0.4, -0.2) is 51.2 Å². The molecule has 2 aromatic rings. The van der Waals surface area contributed by atoms with Crippen molar-refractivity contribution >= 4 is 5.91 Å². The number of halogens is 3. The molecule has 11 heteroatoms. The molecule has 1 amide bonds. The Bertz CT molecular complexity index is 982. The lowest BCUT2D eigenvalue weighted by Gasteiger charge is -2.19. The molecule has 0 fully saturated rings. The van der Waals surface area contributed by atoms with Gasteiger partial charge >= 0.3 is 6.18 Å². The highest BCUT2D eigenvalue weighted by molar-refractivity contribution is 5.93. The van der Waals surface area contributed by atoms with Crippen LogP contribution >= 0.6 is 0 Å². The molecule has 0 radical (unpaired) electrons. The van der Waals surface area contributed by atoms with Gasteiger partial charge < -0.3 is 35.8 Å². The summed E-state index contributed by atoms with van der Waals surface area (Å²) in [7, 11) is 1.63. The lowest BCUT2D eigenvalue weighted by Crippen LogP contribution is -2.40. The lowest BCUT2D eigenvalue weighted by atomic mass is 10.1. The van der Waals surface area contributed by atoms with E-state index in [0.29, 0.717) is 17.9 Å². The van der Waals surface area contributed by atoms with Gasteiger partial charge in [-0.1, -0.05) is 42.0 Å². The van der Waals surface area contributed by atoms with Crippen LogP contribution in [0.15, 0.2) is 60.0 Å². The number of alkyl halides is 3. The highest BCUT2D eigenvalue weighted by Crippen LogP contribution is 2.29. The average Bonchev–Trinajstić information content (AvgIpc) is 2.86. The Morgan fingerprint density at radius 3 is 2.39 bits per heavy atom. The van der Waals surface area contributed by atoms with Gasteiger partial charge in [0.1, 0.15) is 18.2 Å². The summed E-state index contributed by atoms with van der Waals surface area (Å²) in [6.45, 7) is 2.79. The number of amides is 1. The van der Waals surface area contributed by atoms with Gasteiger partial charge in [0.15, 0.2) is 0 Å². The monoisotopic (exact) mass is 510 g/mol. The Morgan fingerprint density at radius 1 is 0.972 bits per heavy atom. The first-order chi connectivity index (χ1) is 17.2. The molecule has 36 heavy (non-hydrogen) atoms. The zero-order valence-corrected chi connectivity index (χ0v) is 20.4. The molecule has 2 aromatic carbocycles. The van der Waals surface area contributed by atoms with Crippen molar-refractivity contribution in [2.45, 2.75) is 26.3 Å². The first kappa shape index (κ1) is 29.0. The highest BCUT2D eigenvalue weighted by atomic mass is 19.4. The SMILES string of the molecule is CN/C(NCOCc1cccc(C(F)(F)F)c1)=C(/NCc1ccc(C)cc1)C(=O)NCCOCCO. The predicted molar refractivity (Wildman–Crippen MR) is 129 cm³/mol. The molecule has 0 atom stereocenters. The average molecular weight is 511 g/mol. The van der Waals surface area contributed by atoms with E-state index in [0.717, 1.165) is 23.3 Å². The molecule has 0 aromatic heterocycles. The van der Waals surface area contributed by atoms with Gasteiger partial charge in [-0.2, -0.15) is 13.2 Å². The van der Waals surface area contributed by atoms with Crippen LogP contribution in [0, 0.1) is 6.92 Å². The fourth-order valence-electron chi connectivity index (χ4n) is 3.10. The number of hydrogen-bond acceptors (Lipinski definition) is 7. The molecule has 198 valence electrons. The van der Waals surface area contributed by atoms with Crippen molar-refractivity contribution in [3.63, 3.8) is 0 Å². The fourth-order valence-corrected chi connectivity index (χ4v) is 3.10. The van der Waals surface area contributed by atoms with Gasteiger partial charge in [-0.25, -0.2) is 0 Å². The number of nitrogens with one attached hydrogen (secondary N) is 4. The fraction of sp³-hybridized carbons (Fsp3) is 0.400. The van der Waals surface area contributed by atoms with Crippen LogP contribution in [0.1, 0.15) is 22.3 Å². The van der Waals surface area contributed by atoms with E-state index in [1.165, 1.54) is 6.07 Å². The molecular weight excluding hydrogens is 477 g/mol. The summed E-state index contributed by atoms with van der Waals surface area (Å²) in [6.07, 6.45) is -4.43. The quantitative estimate of drug-likeness (QED) is 0.142. The third kappa shape index (κ3) is 10.1. The summed E-state index contributed by atoms with van der Waals surface area (Å²) in [4.78, 5) is 12.9. The maximum atomic E-state index is 12.9. The summed E-state index contributed by atoms with van der Waals surface area (Å²) >= 11 is 0. The summed E-state index contributed by atoms with van der Waals surface area (Å²) in [5, 5.41) is 20.5. The van der Waals surface area contributed by atoms with Crippen LogP contribution in [0.3, 0.4) is 0 Å². The molecule has 0 aliphatic carbocycles. The number of aliphatic hydroxyl groups is 1. The first-order valence-corrected chi connectivity index (χ1v) is 11.4. The standard InChI is InChI=1S/C25H33F3N4O4/c1-18-6-8-19(9-7-18)15-31-22(24(34)30-10-12-35-13-11-33)23(29-2)32-17-36-16-20-4-3-5-21(14-20)25(26,27)28/h3-9,14,29,31-33H,10-13,15-17H2,1-2H3,(H,30,34)/b23-22-. The lowest BCUT2D eigenvalue weighted by molar-refractivity contribution is -0.137. The van der Waals surface area contributed by atoms with Gasteiger partial charge in [0.2, 0.25) is 0 Å². The number of ether oxygens (including phenoxy) is 2. The number of aryl methyl sites for hydroxylation is 1. The minimum absolute atomic E-state index is 0.0472. The van der Waals surface area contributed by atoms with E-state index in [2.05, 4.69) is 21.3 Å². The minimum Gasteiger partial charge on any atom is -0.394 e. The third-order valence-electron chi connectivity index (χ3n) is 4.96. The molecular formula is C25H33F3N4O4. The van der Waals surface area contributed by atoms with Crippen LogP contribution in [0.5, 0.6) is 0 Å². The molecule has 0 saturated carbocycles. The van der Waals surface area contributed by atoms with Crippen LogP contribution < -0.4 is 21.3 Å². The Kier molecular flexibility index (Phi) is 12.0. The van der Waals surface area contributed by atoms with Crippen molar-refractivity contribution in [1.29, 1.82) is 0 Å². The zero-order valence-electron chi connectivity index (χ0n) is 20.4. The second-order valence-corrected chi connectivity index (χ2v) is 7.80. The van der Waals surface area contributed by atoms with E-state index < -0.39 is 17.6 Å². The van der Waals surface area contributed by atoms with Crippen molar-refractivity contribution in [1.82, 2.24) is 21.3 Å². The molecule has 8 nitrogen and oxygen atoms in total. The number of aliphatic hydroxyl groups excluding tert-OH is 1. The van der Waals surface area contributed by atoms with Gasteiger partial charge in [0.05, 0.1) is 32.0 Å². The molecule has 0 aliphatic heterocycles. The van der Waals surface area contributed by atoms with Crippen LogP contribution in [0.25, 0.3) is 0 Å². The minimum atomic E-state index is -4.43. The topological polar surface area (TPSA) is 104 Å². The number of rotatable bonds is 15. The van der Waals surface area contributed by atoms with Crippen molar-refractivity contribution in [3.8, 4) is 0 Å². The van der Waals surface area contributed by atoms with Crippen molar-refractivity contribution in [3.05, 3.63) is 82.3 Å². The van der Waals surface area contributed by atoms with Crippen LogP contribution in [0.2, 0.25) is 0 Å². The van der Waals surface area contributed by atoms with Gasteiger partial charge in [0, 0.05) is 20.1 Å². The van der Waals surface area contributed by atoms with Crippen molar-refractivity contribution in [2.75, 3.05) is 40.1 Å². The van der Waals surface area contributed by atoms with Crippen LogP contribution in [-0.2, 0) is 33.6 Å². The van der Waals surface area contributed by atoms with Gasteiger partial charge in [-0.05, 0) is 30.2 Å². The summed E-state index contributed by atoms with van der Waals surface area (Å²) in [5.74, 6) is -0.0515. The Labute approximate surface area is 208 Å². The second kappa shape index (κ2) is 15.0. The van der Waals surface area contributed by atoms with E-state index in [9.17, 15) is 18.0 Å². The van der Waals surface area contributed by atoms with E-state index in [1.54, 1.807) is 13.1 Å². The molecule has 0 unspecified atom stereocenters. The molecule has 0 aliphatic rings. The molecule has 2 rings (SSSR count). The molecule has 0 saturated heterocycles. The maximum absolute atomic E-state index is 12.9. The second-order valence-electron chi connectivity index (χ2n) is 7.80. The summed E-state index contributed by atoms with van der Waals surface area (Å²) in [5.41, 5.74) is 1.94. The van der Waals surface area contributed by atoms with Crippen molar-refractivity contribution in [2.24, 2.45) is 0 Å². The molecule has 5 N–H and O–H groups in total. The van der Waals surface area contributed by atoms with E-state index in [1.807, 2.05) is 31.2 Å². The van der Waals surface area contributed by atoms with Crippen molar-refractivity contribution < 1.29 is 32.5 Å². The highest BCUT2D eigenvalue weighted by Gasteiger charge is 2.30. The Balaban J connectivity index is 2.03. The molecule has 0 bridgehead atoms. The molecule has 0 spiro atoms. The number of hydrogen-bond donors (Lipinski definition) is 5. The van der Waals surface area contributed by atoms with Crippen LogP contribution in [0.4, 0.5) is 13.2 Å². The molecule has 0 heterocycles. The number of carbonyl (C=O) groups is 1. The smallest absolute Gasteiger partial charge is 0.394 e. The Morgan fingerprint density at radius 2 is 1.72 bits per heavy atom. The van der Waals surface area contributed by atoms with E-state index in [-0.39, 0.29) is 45.4 Å². The van der Waals surface area contributed by atoms with E-state index >= 15 is 0 Å². The maximum Gasteiger partial charge on any atom is 0.416 e. The number of benzene rings is 2.